The summed E-state index contributed by atoms with van der Waals surface area (Å²) in [6, 6.07) is 0. The summed E-state index contributed by atoms with van der Waals surface area (Å²) in [5.41, 5.74) is 0. The predicted octanol–water partition coefficient (Wildman–Crippen LogP) is 2.94. The molecule has 0 aliphatic carbocycles. The molecular formula is C8H18LiS. The van der Waals surface area contributed by atoms with Crippen LogP contribution in [0.5, 0.6) is 0 Å². The largest absolute Gasteiger partial charge is 0.150 e. The van der Waals surface area contributed by atoms with Crippen LogP contribution in [0.15, 0.2) is 0 Å². The Bertz CT molecular complexity index is 74.4. The molecule has 0 fully saturated rings. The molecule has 0 spiro atoms. The zero-order chi connectivity index (χ0) is 7.71. The molecule has 0 amide bonds. The molecule has 1 radical (unpaired) electrons. The third-order valence-corrected chi connectivity index (χ3v) is 1.84. The average molecular weight is 153 g/mol. The molecule has 0 saturated carbocycles. The first-order valence-corrected chi connectivity index (χ1v) is 4.22. The second-order valence-electron chi connectivity index (χ2n) is 4.33. The number of thioether (sulfide) groups is 1. The predicted molar refractivity (Wildman–Crippen MR) is 52.9 cm³/mol. The van der Waals surface area contributed by atoms with Gasteiger partial charge in [0.25, 0.3) is 0 Å². The molecular weight excluding hydrogens is 135 g/mol. The monoisotopic (exact) mass is 153 g/mol. The molecule has 0 N–H and O–H groups in total. The van der Waals surface area contributed by atoms with Gasteiger partial charge < -0.3 is 0 Å². The van der Waals surface area contributed by atoms with Crippen molar-refractivity contribution in [3.63, 3.8) is 0 Å². The molecule has 0 aromatic carbocycles. The van der Waals surface area contributed by atoms with Crippen molar-refractivity contribution in [2.24, 2.45) is 0 Å². The fourth-order valence-electron chi connectivity index (χ4n) is 0.919. The van der Waals surface area contributed by atoms with E-state index in [-0.39, 0.29) is 18.9 Å². The molecule has 0 nitrogen and oxygen atoms in total. The van der Waals surface area contributed by atoms with Crippen LogP contribution in [-0.4, -0.2) is 28.4 Å². The van der Waals surface area contributed by atoms with Crippen LogP contribution in [-0.2, 0) is 0 Å². The van der Waals surface area contributed by atoms with E-state index in [1.807, 2.05) is 11.8 Å². The maximum absolute atomic E-state index is 2.25. The molecule has 0 atom stereocenters. The van der Waals surface area contributed by atoms with Crippen molar-refractivity contribution in [2.45, 2.75) is 51.0 Å². The summed E-state index contributed by atoms with van der Waals surface area (Å²) in [5, 5.41) is 0. The van der Waals surface area contributed by atoms with E-state index in [2.05, 4.69) is 41.5 Å². The van der Waals surface area contributed by atoms with Gasteiger partial charge in [-0.3, -0.25) is 0 Å². The Morgan fingerprint density at radius 1 is 0.700 bits per heavy atom. The van der Waals surface area contributed by atoms with Crippen molar-refractivity contribution in [1.29, 1.82) is 0 Å². The van der Waals surface area contributed by atoms with Gasteiger partial charge >= 0.3 is 0 Å². The SMILES string of the molecule is CC(C)(C)SC(C)(C)C.[Li]. The third-order valence-electron chi connectivity index (χ3n) is 0.612. The summed E-state index contributed by atoms with van der Waals surface area (Å²) in [6.07, 6.45) is 0. The van der Waals surface area contributed by atoms with Gasteiger partial charge in [-0.15, -0.1) is 0 Å². The van der Waals surface area contributed by atoms with Gasteiger partial charge in [0.05, 0.1) is 0 Å². The molecule has 10 heavy (non-hydrogen) atoms. The van der Waals surface area contributed by atoms with Gasteiger partial charge in [-0.1, -0.05) is 41.5 Å². The standard InChI is InChI=1S/C8H18S.Li/c1-7(2,3)9-8(4,5)6;/h1-6H3;. The van der Waals surface area contributed by atoms with E-state index in [1.165, 1.54) is 0 Å². The Balaban J connectivity index is 0. The van der Waals surface area contributed by atoms with Crippen molar-refractivity contribution in [1.82, 2.24) is 0 Å². The van der Waals surface area contributed by atoms with Gasteiger partial charge in [0, 0.05) is 28.4 Å². The summed E-state index contributed by atoms with van der Waals surface area (Å²) >= 11 is 2.01. The van der Waals surface area contributed by atoms with Crippen LogP contribution in [0.25, 0.3) is 0 Å². The fourth-order valence-corrected chi connectivity index (χ4v) is 2.76. The number of hydrogen-bond donors (Lipinski definition) is 0. The molecule has 0 aromatic heterocycles. The summed E-state index contributed by atoms with van der Waals surface area (Å²) in [6.45, 7) is 13.5. The van der Waals surface area contributed by atoms with Crippen molar-refractivity contribution >= 4 is 30.6 Å². The van der Waals surface area contributed by atoms with E-state index in [4.69, 9.17) is 0 Å². The quantitative estimate of drug-likeness (QED) is 0.482. The first-order chi connectivity index (χ1) is 3.71. The molecule has 2 heteroatoms. The zero-order valence-electron chi connectivity index (χ0n) is 8.41. The molecule has 0 saturated heterocycles. The van der Waals surface area contributed by atoms with E-state index in [0.717, 1.165) is 0 Å². The van der Waals surface area contributed by atoms with Gasteiger partial charge in [0.15, 0.2) is 0 Å². The zero-order valence-corrected chi connectivity index (χ0v) is 9.22. The van der Waals surface area contributed by atoms with Crippen molar-refractivity contribution in [2.75, 3.05) is 0 Å². The van der Waals surface area contributed by atoms with Crippen molar-refractivity contribution in [3.05, 3.63) is 0 Å². The van der Waals surface area contributed by atoms with Crippen molar-refractivity contribution in [3.8, 4) is 0 Å². The van der Waals surface area contributed by atoms with Gasteiger partial charge in [-0.2, -0.15) is 11.8 Å². The van der Waals surface area contributed by atoms with Gasteiger partial charge in [0.2, 0.25) is 0 Å². The van der Waals surface area contributed by atoms with E-state index >= 15 is 0 Å². The Morgan fingerprint density at radius 3 is 0.900 bits per heavy atom. The molecule has 0 aliphatic rings. The molecule has 57 valence electrons. The second-order valence-corrected chi connectivity index (χ2v) is 6.98. The average Bonchev–Trinajstić information content (AvgIpc) is 1.14. The first kappa shape index (κ1) is 13.5. The summed E-state index contributed by atoms with van der Waals surface area (Å²) in [7, 11) is 0. The topological polar surface area (TPSA) is 0 Å². The van der Waals surface area contributed by atoms with Crippen LogP contribution in [0.2, 0.25) is 0 Å². The maximum atomic E-state index is 2.25. The Kier molecular flexibility index (Phi) is 5.54. The van der Waals surface area contributed by atoms with Crippen molar-refractivity contribution < 1.29 is 0 Å². The summed E-state index contributed by atoms with van der Waals surface area (Å²) in [5.74, 6) is 0. The Morgan fingerprint density at radius 2 is 0.900 bits per heavy atom. The van der Waals surface area contributed by atoms with Crippen LogP contribution < -0.4 is 0 Å². The van der Waals surface area contributed by atoms with E-state index in [0.29, 0.717) is 9.49 Å². The summed E-state index contributed by atoms with van der Waals surface area (Å²) in [4.78, 5) is 0. The van der Waals surface area contributed by atoms with E-state index in [9.17, 15) is 0 Å². The second kappa shape index (κ2) is 4.09. The molecule has 0 bridgehead atoms. The van der Waals surface area contributed by atoms with Gasteiger partial charge in [-0.25, -0.2) is 0 Å². The van der Waals surface area contributed by atoms with Crippen LogP contribution in [0, 0.1) is 0 Å². The minimum absolute atomic E-state index is 0. The van der Waals surface area contributed by atoms with Gasteiger partial charge in [-0.05, 0) is 0 Å². The molecule has 0 aliphatic heterocycles. The minimum atomic E-state index is 0. The van der Waals surface area contributed by atoms with Crippen LogP contribution in [0.4, 0.5) is 0 Å². The molecule has 0 heterocycles. The van der Waals surface area contributed by atoms with E-state index < -0.39 is 0 Å². The number of rotatable bonds is 0. The number of hydrogen-bond acceptors (Lipinski definition) is 1. The fraction of sp³-hybridized carbons (Fsp3) is 1.00. The first-order valence-electron chi connectivity index (χ1n) is 3.41. The normalized spacial score (nSPS) is 12.6. The Labute approximate surface area is 81.7 Å². The maximum Gasteiger partial charge on any atom is 0.00803 e. The molecule has 0 rings (SSSR count). The van der Waals surface area contributed by atoms with Crippen LogP contribution in [0.3, 0.4) is 0 Å². The smallest absolute Gasteiger partial charge is 0.00803 e. The summed E-state index contributed by atoms with van der Waals surface area (Å²) < 4.78 is 0.802. The van der Waals surface area contributed by atoms with E-state index in [1.54, 1.807) is 0 Å². The third kappa shape index (κ3) is 11.7. The van der Waals surface area contributed by atoms with Crippen LogP contribution in [0.1, 0.15) is 41.5 Å². The molecule has 0 aromatic rings. The Hall–Kier alpha value is 0.947. The van der Waals surface area contributed by atoms with Gasteiger partial charge in [0.1, 0.15) is 0 Å². The minimum Gasteiger partial charge on any atom is -0.150 e. The van der Waals surface area contributed by atoms with Crippen LogP contribution >= 0.6 is 11.8 Å². The molecule has 0 unspecified atom stereocenters.